The molecule has 1 rings (SSSR count). The monoisotopic (exact) mass is 196 g/mol. The van der Waals surface area contributed by atoms with E-state index in [-0.39, 0.29) is 5.92 Å². The zero-order valence-electron chi connectivity index (χ0n) is 10.0. The van der Waals surface area contributed by atoms with E-state index in [9.17, 15) is 4.79 Å². The lowest BCUT2D eigenvalue weighted by atomic mass is 9.73. The van der Waals surface area contributed by atoms with E-state index in [0.717, 1.165) is 6.42 Å². The average molecular weight is 196 g/mol. The summed E-state index contributed by atoms with van der Waals surface area (Å²) in [5, 5.41) is 0. The molecule has 0 aromatic heterocycles. The van der Waals surface area contributed by atoms with Crippen molar-refractivity contribution < 1.29 is 4.79 Å². The van der Waals surface area contributed by atoms with Crippen LogP contribution in [0.1, 0.15) is 53.4 Å². The van der Waals surface area contributed by atoms with Crippen LogP contribution in [0.15, 0.2) is 0 Å². The highest BCUT2D eigenvalue weighted by molar-refractivity contribution is 5.83. The summed E-state index contributed by atoms with van der Waals surface area (Å²) in [5.41, 5.74) is 0. The van der Waals surface area contributed by atoms with Crippen molar-refractivity contribution >= 4 is 5.78 Å². The minimum Gasteiger partial charge on any atom is -0.299 e. The Morgan fingerprint density at radius 2 is 1.71 bits per heavy atom. The van der Waals surface area contributed by atoms with Crippen molar-refractivity contribution in [3.63, 3.8) is 0 Å². The van der Waals surface area contributed by atoms with Gasteiger partial charge in [-0.1, -0.05) is 47.0 Å². The third kappa shape index (κ3) is 2.59. The minimum atomic E-state index is 0.251. The van der Waals surface area contributed by atoms with Crippen LogP contribution in [-0.4, -0.2) is 5.78 Å². The standard InChI is InChI=1S/C13H24O/c1-9(2)11(4)13(14)12-8-6-5-7-10(12)3/h9-12H,5-8H2,1-4H3. The van der Waals surface area contributed by atoms with Gasteiger partial charge in [-0.3, -0.25) is 4.79 Å². The summed E-state index contributed by atoms with van der Waals surface area (Å²) in [6.07, 6.45) is 4.96. The first kappa shape index (κ1) is 11.7. The van der Waals surface area contributed by atoms with Crippen LogP contribution >= 0.6 is 0 Å². The smallest absolute Gasteiger partial charge is 0.139 e. The van der Waals surface area contributed by atoms with E-state index in [0.29, 0.717) is 23.5 Å². The molecular weight excluding hydrogens is 172 g/mol. The highest BCUT2D eigenvalue weighted by Crippen LogP contribution is 2.33. The molecule has 1 nitrogen and oxygen atoms in total. The van der Waals surface area contributed by atoms with Gasteiger partial charge in [0.2, 0.25) is 0 Å². The fourth-order valence-corrected chi connectivity index (χ4v) is 2.41. The number of rotatable bonds is 3. The SMILES string of the molecule is CC(C)C(C)C(=O)C1CCCCC1C. The number of hydrogen-bond acceptors (Lipinski definition) is 1. The summed E-state index contributed by atoms with van der Waals surface area (Å²) in [4.78, 5) is 12.1. The zero-order chi connectivity index (χ0) is 10.7. The van der Waals surface area contributed by atoms with Crippen molar-refractivity contribution in [3.8, 4) is 0 Å². The molecule has 0 heterocycles. The van der Waals surface area contributed by atoms with E-state index in [4.69, 9.17) is 0 Å². The van der Waals surface area contributed by atoms with E-state index >= 15 is 0 Å². The normalized spacial score (nSPS) is 30.4. The number of hydrogen-bond donors (Lipinski definition) is 0. The zero-order valence-corrected chi connectivity index (χ0v) is 10.0. The molecule has 1 aliphatic rings. The van der Waals surface area contributed by atoms with Crippen LogP contribution in [-0.2, 0) is 4.79 Å². The molecular formula is C13H24O. The lowest BCUT2D eigenvalue weighted by Crippen LogP contribution is -2.31. The maximum absolute atomic E-state index is 12.1. The second-order valence-corrected chi connectivity index (χ2v) is 5.30. The molecule has 0 N–H and O–H groups in total. The van der Waals surface area contributed by atoms with Gasteiger partial charge in [0.25, 0.3) is 0 Å². The lowest BCUT2D eigenvalue weighted by Gasteiger charge is -2.30. The highest BCUT2D eigenvalue weighted by atomic mass is 16.1. The Hall–Kier alpha value is -0.330. The van der Waals surface area contributed by atoms with Crippen LogP contribution in [0, 0.1) is 23.7 Å². The molecule has 3 unspecified atom stereocenters. The molecule has 1 heteroatoms. The van der Waals surface area contributed by atoms with Gasteiger partial charge in [-0.05, 0) is 18.3 Å². The topological polar surface area (TPSA) is 17.1 Å². The Balaban J connectivity index is 2.58. The van der Waals surface area contributed by atoms with Gasteiger partial charge in [0.05, 0.1) is 0 Å². The van der Waals surface area contributed by atoms with Gasteiger partial charge >= 0.3 is 0 Å². The maximum atomic E-state index is 12.1. The van der Waals surface area contributed by atoms with Crippen molar-refractivity contribution in [2.75, 3.05) is 0 Å². The molecule has 0 spiro atoms. The third-order valence-corrected chi connectivity index (χ3v) is 3.93. The number of ketones is 1. The fraction of sp³-hybridized carbons (Fsp3) is 0.923. The Morgan fingerprint density at radius 3 is 2.21 bits per heavy atom. The van der Waals surface area contributed by atoms with Gasteiger partial charge in [-0.15, -0.1) is 0 Å². The van der Waals surface area contributed by atoms with E-state index in [1.54, 1.807) is 0 Å². The Kier molecular flexibility index (Phi) is 4.15. The molecule has 1 aliphatic carbocycles. The molecule has 1 saturated carbocycles. The van der Waals surface area contributed by atoms with Crippen LogP contribution < -0.4 is 0 Å². The van der Waals surface area contributed by atoms with Gasteiger partial charge in [0, 0.05) is 11.8 Å². The van der Waals surface area contributed by atoms with Crippen LogP contribution in [0.4, 0.5) is 0 Å². The Bertz CT molecular complexity index is 195. The molecule has 0 aromatic carbocycles. The fourth-order valence-electron chi connectivity index (χ4n) is 2.41. The third-order valence-electron chi connectivity index (χ3n) is 3.93. The predicted octanol–water partition coefficient (Wildman–Crippen LogP) is 3.67. The first-order valence-electron chi connectivity index (χ1n) is 6.07. The van der Waals surface area contributed by atoms with Gasteiger partial charge in [-0.25, -0.2) is 0 Å². The predicted molar refractivity (Wildman–Crippen MR) is 60.1 cm³/mol. The van der Waals surface area contributed by atoms with Crippen molar-refractivity contribution in [1.82, 2.24) is 0 Å². The molecule has 14 heavy (non-hydrogen) atoms. The van der Waals surface area contributed by atoms with Crippen molar-refractivity contribution in [2.45, 2.75) is 53.4 Å². The van der Waals surface area contributed by atoms with E-state index in [1.807, 2.05) is 0 Å². The minimum absolute atomic E-state index is 0.251. The van der Waals surface area contributed by atoms with E-state index < -0.39 is 0 Å². The molecule has 0 bridgehead atoms. The first-order valence-corrected chi connectivity index (χ1v) is 6.07. The molecule has 1 fully saturated rings. The molecule has 0 aromatic rings. The second kappa shape index (κ2) is 4.95. The molecule has 82 valence electrons. The molecule has 0 radical (unpaired) electrons. The van der Waals surface area contributed by atoms with E-state index in [2.05, 4.69) is 27.7 Å². The van der Waals surface area contributed by atoms with E-state index in [1.165, 1.54) is 19.3 Å². The lowest BCUT2D eigenvalue weighted by molar-refractivity contribution is -0.130. The Labute approximate surface area is 88.3 Å². The number of carbonyl (C=O) groups excluding carboxylic acids is 1. The maximum Gasteiger partial charge on any atom is 0.139 e. The van der Waals surface area contributed by atoms with Crippen LogP contribution in [0.2, 0.25) is 0 Å². The van der Waals surface area contributed by atoms with Crippen molar-refractivity contribution in [1.29, 1.82) is 0 Å². The first-order chi connectivity index (χ1) is 6.54. The Morgan fingerprint density at radius 1 is 1.14 bits per heavy atom. The summed E-state index contributed by atoms with van der Waals surface area (Å²) < 4.78 is 0. The summed E-state index contributed by atoms with van der Waals surface area (Å²) in [6.45, 7) is 8.63. The number of Topliss-reactive ketones (excluding diaryl/α,β-unsaturated/α-hetero) is 1. The summed E-state index contributed by atoms with van der Waals surface area (Å²) >= 11 is 0. The van der Waals surface area contributed by atoms with Crippen LogP contribution in [0.5, 0.6) is 0 Å². The van der Waals surface area contributed by atoms with Crippen LogP contribution in [0.25, 0.3) is 0 Å². The number of carbonyl (C=O) groups is 1. The summed E-state index contributed by atoms with van der Waals surface area (Å²) in [5.74, 6) is 2.25. The quantitative estimate of drug-likeness (QED) is 0.673. The summed E-state index contributed by atoms with van der Waals surface area (Å²) in [6, 6.07) is 0. The van der Waals surface area contributed by atoms with Gasteiger partial charge < -0.3 is 0 Å². The van der Waals surface area contributed by atoms with Gasteiger partial charge in [-0.2, -0.15) is 0 Å². The van der Waals surface area contributed by atoms with Crippen LogP contribution in [0.3, 0.4) is 0 Å². The average Bonchev–Trinajstić information content (AvgIpc) is 2.16. The van der Waals surface area contributed by atoms with Gasteiger partial charge in [0.1, 0.15) is 5.78 Å². The largest absolute Gasteiger partial charge is 0.299 e. The summed E-state index contributed by atoms with van der Waals surface area (Å²) in [7, 11) is 0. The molecule has 0 aliphatic heterocycles. The highest BCUT2D eigenvalue weighted by Gasteiger charge is 2.31. The molecule has 0 amide bonds. The second-order valence-electron chi connectivity index (χ2n) is 5.30. The molecule has 0 saturated heterocycles. The molecule has 3 atom stereocenters. The van der Waals surface area contributed by atoms with Crippen molar-refractivity contribution in [2.24, 2.45) is 23.7 Å². The van der Waals surface area contributed by atoms with Gasteiger partial charge in [0.15, 0.2) is 0 Å². The van der Waals surface area contributed by atoms with Crippen molar-refractivity contribution in [3.05, 3.63) is 0 Å².